The topological polar surface area (TPSA) is 0 Å². The molecule has 22 heavy (non-hydrogen) atoms. The predicted molar refractivity (Wildman–Crippen MR) is 110 cm³/mol. The molecule has 0 amide bonds. The summed E-state index contributed by atoms with van der Waals surface area (Å²) in [5, 5.41) is 0. The smallest absolute Gasteiger partial charge is 0.0353 e. The summed E-state index contributed by atoms with van der Waals surface area (Å²) in [5.74, 6) is 0. The summed E-state index contributed by atoms with van der Waals surface area (Å²) >= 11 is 0. The van der Waals surface area contributed by atoms with Crippen molar-refractivity contribution >= 4 is 0 Å². The standard InChI is InChI=1S/C8H16.C6H12.C5H10.C3H6/c1-3-5-7-8-6-4-2;1-3-5-6-4-2;1-3-5-4-2;1-3-2/h7-8H,3-6H2,1-2H3;3,5H,4,6H2,1-2H3;3H,1,4-5H2,2H3;3H,1H2,2H3/b8-7+;5-3+;;. The molecule has 0 nitrogen and oxygen atoms in total. The number of hydrogen-bond donors (Lipinski definition) is 0. The van der Waals surface area contributed by atoms with E-state index < -0.39 is 0 Å². The van der Waals surface area contributed by atoms with E-state index in [0.717, 1.165) is 6.42 Å². The first-order valence-corrected chi connectivity index (χ1v) is 9.10. The summed E-state index contributed by atoms with van der Waals surface area (Å²) in [6.45, 7) is 19.6. The Hall–Kier alpha value is -1.04. The Morgan fingerprint density at radius 1 is 0.591 bits per heavy atom. The molecule has 0 heterocycles. The second-order valence-corrected chi connectivity index (χ2v) is 4.89. The van der Waals surface area contributed by atoms with Gasteiger partial charge in [-0.25, -0.2) is 0 Å². The molecule has 132 valence electrons. The van der Waals surface area contributed by atoms with Gasteiger partial charge < -0.3 is 0 Å². The van der Waals surface area contributed by atoms with Crippen LogP contribution in [0.1, 0.15) is 92.9 Å². The van der Waals surface area contributed by atoms with Crippen LogP contribution in [0.25, 0.3) is 0 Å². The largest absolute Gasteiger partial charge is 0.103 e. The van der Waals surface area contributed by atoms with E-state index in [9.17, 15) is 0 Å². The maximum atomic E-state index is 3.55. The normalized spacial score (nSPS) is 9.00. The average Bonchev–Trinajstić information content (AvgIpc) is 2.52. The number of unbranched alkanes of at least 4 members (excludes halogenated alkanes) is 4. The quantitative estimate of drug-likeness (QED) is 0.393. The van der Waals surface area contributed by atoms with E-state index in [-0.39, 0.29) is 0 Å². The third-order valence-electron chi connectivity index (χ3n) is 2.26. The van der Waals surface area contributed by atoms with E-state index in [1.54, 1.807) is 6.08 Å². The van der Waals surface area contributed by atoms with Gasteiger partial charge in [0.25, 0.3) is 0 Å². The van der Waals surface area contributed by atoms with Crippen LogP contribution in [0, 0.1) is 0 Å². The molecule has 0 saturated carbocycles. The summed E-state index contributed by atoms with van der Waals surface area (Å²) in [6.07, 6.45) is 22.4. The lowest BCUT2D eigenvalue weighted by Gasteiger charge is -1.83. The van der Waals surface area contributed by atoms with Crippen molar-refractivity contribution in [3.8, 4) is 0 Å². The lowest BCUT2D eigenvalue weighted by atomic mass is 10.2. The zero-order valence-corrected chi connectivity index (χ0v) is 16.5. The van der Waals surface area contributed by atoms with Gasteiger partial charge in [-0.1, -0.05) is 89.8 Å². The van der Waals surface area contributed by atoms with Gasteiger partial charge in [-0.05, 0) is 39.5 Å². The number of rotatable bonds is 8. The van der Waals surface area contributed by atoms with Crippen LogP contribution >= 0.6 is 0 Å². The molecule has 0 aliphatic rings. The molecule has 0 rings (SSSR count). The average molecular weight is 309 g/mol. The van der Waals surface area contributed by atoms with Crippen molar-refractivity contribution < 1.29 is 0 Å². The maximum Gasteiger partial charge on any atom is -0.0353 e. The maximum absolute atomic E-state index is 3.55. The van der Waals surface area contributed by atoms with Gasteiger partial charge in [0.15, 0.2) is 0 Å². The van der Waals surface area contributed by atoms with E-state index in [0.29, 0.717) is 0 Å². The molecular formula is C22H44. The Labute approximate surface area is 143 Å². The number of allylic oxidation sites excluding steroid dienone is 6. The first-order valence-electron chi connectivity index (χ1n) is 9.10. The van der Waals surface area contributed by atoms with E-state index in [1.165, 1.54) is 44.9 Å². The van der Waals surface area contributed by atoms with Gasteiger partial charge in [-0.15, -0.1) is 13.2 Å². The molecule has 0 spiro atoms. The van der Waals surface area contributed by atoms with Crippen LogP contribution in [0.2, 0.25) is 0 Å². The van der Waals surface area contributed by atoms with Crippen molar-refractivity contribution in [1.29, 1.82) is 0 Å². The molecule has 0 saturated heterocycles. The number of hydrogen-bond acceptors (Lipinski definition) is 0. The van der Waals surface area contributed by atoms with Crippen LogP contribution in [-0.2, 0) is 0 Å². The first kappa shape index (κ1) is 29.0. The van der Waals surface area contributed by atoms with Gasteiger partial charge in [0.1, 0.15) is 0 Å². The van der Waals surface area contributed by atoms with Crippen LogP contribution in [-0.4, -0.2) is 0 Å². The highest BCUT2D eigenvalue weighted by atomic mass is 13.8. The molecule has 0 aliphatic heterocycles. The van der Waals surface area contributed by atoms with Crippen molar-refractivity contribution in [2.75, 3.05) is 0 Å². The predicted octanol–water partition coefficient (Wildman–Crippen LogP) is 8.67. The summed E-state index contributed by atoms with van der Waals surface area (Å²) in [6, 6.07) is 0. The van der Waals surface area contributed by atoms with Gasteiger partial charge in [0.2, 0.25) is 0 Å². The third-order valence-corrected chi connectivity index (χ3v) is 2.26. The summed E-state index contributed by atoms with van der Waals surface area (Å²) in [4.78, 5) is 0. The molecule has 0 atom stereocenters. The zero-order valence-electron chi connectivity index (χ0n) is 16.5. The van der Waals surface area contributed by atoms with Crippen molar-refractivity contribution in [2.24, 2.45) is 0 Å². The van der Waals surface area contributed by atoms with Crippen LogP contribution < -0.4 is 0 Å². The van der Waals surface area contributed by atoms with Gasteiger partial charge >= 0.3 is 0 Å². The fourth-order valence-corrected chi connectivity index (χ4v) is 1.11. The minimum atomic E-state index is 1.15. The Bertz CT molecular complexity index is 200. The lowest BCUT2D eigenvalue weighted by molar-refractivity contribution is 0.921. The third kappa shape index (κ3) is 76.2. The highest BCUT2D eigenvalue weighted by Gasteiger charge is 1.72. The van der Waals surface area contributed by atoms with Gasteiger partial charge in [0, 0.05) is 0 Å². The van der Waals surface area contributed by atoms with E-state index in [1.807, 2.05) is 13.0 Å². The summed E-state index contributed by atoms with van der Waals surface area (Å²) < 4.78 is 0. The van der Waals surface area contributed by atoms with Crippen LogP contribution in [0.15, 0.2) is 49.6 Å². The molecular weight excluding hydrogens is 264 g/mol. The molecule has 0 heteroatoms. The molecule has 0 radical (unpaired) electrons. The molecule has 0 fully saturated rings. The summed E-state index contributed by atoms with van der Waals surface area (Å²) in [7, 11) is 0. The Balaban J connectivity index is -0.000000104. The molecule has 0 aromatic rings. The van der Waals surface area contributed by atoms with Crippen LogP contribution in [0.4, 0.5) is 0 Å². The molecule has 0 unspecified atom stereocenters. The molecule has 0 aliphatic carbocycles. The van der Waals surface area contributed by atoms with Crippen molar-refractivity contribution in [2.45, 2.75) is 92.9 Å². The monoisotopic (exact) mass is 308 g/mol. The minimum Gasteiger partial charge on any atom is -0.103 e. The highest BCUT2D eigenvalue weighted by molar-refractivity contribution is 4.80. The zero-order chi connectivity index (χ0) is 17.9. The lowest BCUT2D eigenvalue weighted by Crippen LogP contribution is -1.62. The van der Waals surface area contributed by atoms with Crippen molar-refractivity contribution in [3.05, 3.63) is 49.6 Å². The van der Waals surface area contributed by atoms with E-state index in [4.69, 9.17) is 0 Å². The van der Waals surface area contributed by atoms with Crippen LogP contribution in [0.5, 0.6) is 0 Å². The fourth-order valence-electron chi connectivity index (χ4n) is 1.11. The molecule has 0 aromatic heterocycles. The second kappa shape index (κ2) is 42.7. The fraction of sp³-hybridized carbons (Fsp3) is 0.636. The van der Waals surface area contributed by atoms with Crippen molar-refractivity contribution in [1.82, 2.24) is 0 Å². The summed E-state index contributed by atoms with van der Waals surface area (Å²) in [5.41, 5.74) is 0. The molecule has 0 bridgehead atoms. The Morgan fingerprint density at radius 3 is 1.05 bits per heavy atom. The Morgan fingerprint density at radius 2 is 0.909 bits per heavy atom. The first-order chi connectivity index (χ1) is 10.7. The second-order valence-electron chi connectivity index (χ2n) is 4.89. The van der Waals surface area contributed by atoms with E-state index in [2.05, 4.69) is 72.1 Å². The van der Waals surface area contributed by atoms with Crippen LogP contribution in [0.3, 0.4) is 0 Å². The SMILES string of the molecule is C/C=C/CCC.C=CC.C=CCCC.CCC/C=C/CCC. The van der Waals surface area contributed by atoms with E-state index >= 15 is 0 Å². The van der Waals surface area contributed by atoms with Gasteiger partial charge in [-0.3, -0.25) is 0 Å². The molecule has 0 aromatic carbocycles. The van der Waals surface area contributed by atoms with Crippen molar-refractivity contribution in [3.63, 3.8) is 0 Å². The minimum absolute atomic E-state index is 1.15. The Kier molecular flexibility index (Phi) is 56.4. The highest BCUT2D eigenvalue weighted by Crippen LogP contribution is 1.92. The van der Waals surface area contributed by atoms with Gasteiger partial charge in [0.05, 0.1) is 0 Å². The van der Waals surface area contributed by atoms with Gasteiger partial charge in [-0.2, -0.15) is 0 Å². The molecule has 0 N–H and O–H groups in total.